The summed E-state index contributed by atoms with van der Waals surface area (Å²) in [5.41, 5.74) is -0.615. The Bertz CT molecular complexity index is 660. The molecule has 0 aromatic heterocycles. The maximum Gasteiger partial charge on any atom is 0.340 e. The van der Waals surface area contributed by atoms with Gasteiger partial charge in [0.05, 0.1) is 32.8 Å². The van der Waals surface area contributed by atoms with Crippen LogP contribution in [-0.2, 0) is 38.2 Å². The fourth-order valence-electron chi connectivity index (χ4n) is 1.92. The molecule has 0 spiro atoms. The first-order valence-electron chi connectivity index (χ1n) is 9.92. The highest BCUT2D eigenvalue weighted by molar-refractivity contribution is 6.03. The van der Waals surface area contributed by atoms with Crippen molar-refractivity contribution >= 4 is 35.6 Å². The van der Waals surface area contributed by atoms with Gasteiger partial charge in [-0.1, -0.05) is 20.8 Å². The molecular weight excluding hydrogens is 412 g/mol. The lowest BCUT2D eigenvalue weighted by atomic mass is 9.89. The molecule has 176 valence electrons. The molecule has 0 aromatic rings. The Balaban J connectivity index is 4.41. The van der Waals surface area contributed by atoms with Crippen LogP contribution in [0.25, 0.3) is 0 Å². The SMILES string of the molecule is CCOC(=O)C(NC(=O)CNC(=O)CNC(=O)CNC(=O)C(C)(C)CC)C(=O)OCC. The highest BCUT2D eigenvalue weighted by Crippen LogP contribution is 2.18. The second-order valence-corrected chi connectivity index (χ2v) is 6.98. The molecule has 0 atom stereocenters. The molecule has 0 aliphatic rings. The molecule has 12 heteroatoms. The summed E-state index contributed by atoms with van der Waals surface area (Å²) in [5.74, 6) is -4.36. The molecule has 0 aliphatic heterocycles. The maximum atomic E-state index is 11.9. The van der Waals surface area contributed by atoms with Gasteiger partial charge in [-0.2, -0.15) is 0 Å². The van der Waals surface area contributed by atoms with E-state index in [9.17, 15) is 28.8 Å². The molecule has 12 nitrogen and oxygen atoms in total. The molecule has 0 heterocycles. The number of rotatable bonds is 13. The van der Waals surface area contributed by atoms with E-state index < -0.39 is 54.2 Å². The molecule has 0 aliphatic carbocycles. The van der Waals surface area contributed by atoms with Crippen LogP contribution < -0.4 is 21.3 Å². The molecule has 0 saturated heterocycles. The van der Waals surface area contributed by atoms with Gasteiger partial charge in [0.15, 0.2) is 0 Å². The van der Waals surface area contributed by atoms with Crippen LogP contribution in [0.1, 0.15) is 41.0 Å². The number of esters is 2. The van der Waals surface area contributed by atoms with Gasteiger partial charge in [-0.15, -0.1) is 0 Å². The average molecular weight is 444 g/mol. The summed E-state index contributed by atoms with van der Waals surface area (Å²) >= 11 is 0. The number of amides is 4. The topological polar surface area (TPSA) is 169 Å². The third-order valence-electron chi connectivity index (χ3n) is 4.15. The standard InChI is InChI=1S/C19H32N4O8/c1-6-19(4,5)18(29)22-10-13(25)20-9-12(24)21-11-14(26)23-15(16(27)30-7-2)17(28)31-8-3/h15H,6-11H2,1-5H3,(H,20,25)(H,21,24)(H,22,29)(H,23,26). The predicted octanol–water partition coefficient (Wildman–Crippen LogP) is -1.62. The van der Waals surface area contributed by atoms with Crippen LogP contribution in [0.3, 0.4) is 0 Å². The minimum Gasteiger partial charge on any atom is -0.464 e. The Morgan fingerprint density at radius 1 is 0.710 bits per heavy atom. The van der Waals surface area contributed by atoms with Gasteiger partial charge < -0.3 is 30.7 Å². The van der Waals surface area contributed by atoms with Crippen molar-refractivity contribution in [3.63, 3.8) is 0 Å². The van der Waals surface area contributed by atoms with Gasteiger partial charge in [0.1, 0.15) is 0 Å². The van der Waals surface area contributed by atoms with Gasteiger partial charge in [0, 0.05) is 5.41 Å². The lowest BCUT2D eigenvalue weighted by molar-refractivity contribution is -0.159. The number of ether oxygens (including phenoxy) is 2. The van der Waals surface area contributed by atoms with Crippen molar-refractivity contribution in [1.82, 2.24) is 21.3 Å². The third-order valence-corrected chi connectivity index (χ3v) is 4.15. The van der Waals surface area contributed by atoms with Crippen molar-refractivity contribution in [1.29, 1.82) is 0 Å². The first-order valence-corrected chi connectivity index (χ1v) is 9.92. The van der Waals surface area contributed by atoms with Crippen molar-refractivity contribution in [3.05, 3.63) is 0 Å². The quantitative estimate of drug-likeness (QED) is 0.194. The minimum atomic E-state index is -1.65. The Morgan fingerprint density at radius 2 is 1.13 bits per heavy atom. The smallest absolute Gasteiger partial charge is 0.340 e. The van der Waals surface area contributed by atoms with Crippen molar-refractivity contribution in [2.24, 2.45) is 5.41 Å². The molecule has 0 aromatic carbocycles. The predicted molar refractivity (Wildman–Crippen MR) is 108 cm³/mol. The summed E-state index contributed by atoms with van der Waals surface area (Å²) in [6, 6.07) is -1.65. The Hall–Kier alpha value is -3.18. The highest BCUT2D eigenvalue weighted by Gasteiger charge is 2.31. The van der Waals surface area contributed by atoms with Crippen LogP contribution in [0, 0.1) is 5.41 Å². The molecule has 0 unspecified atom stereocenters. The van der Waals surface area contributed by atoms with E-state index in [-0.39, 0.29) is 25.7 Å². The zero-order valence-corrected chi connectivity index (χ0v) is 18.6. The molecule has 4 N–H and O–H groups in total. The van der Waals surface area contributed by atoms with E-state index in [2.05, 4.69) is 21.3 Å². The molecule has 31 heavy (non-hydrogen) atoms. The number of nitrogens with one attached hydrogen (secondary N) is 4. The largest absolute Gasteiger partial charge is 0.464 e. The molecule has 0 saturated carbocycles. The second-order valence-electron chi connectivity index (χ2n) is 6.98. The van der Waals surface area contributed by atoms with E-state index in [4.69, 9.17) is 9.47 Å². The van der Waals surface area contributed by atoms with Crippen molar-refractivity contribution in [2.45, 2.75) is 47.1 Å². The zero-order valence-electron chi connectivity index (χ0n) is 18.6. The number of carbonyl (C=O) groups excluding carboxylic acids is 6. The fraction of sp³-hybridized carbons (Fsp3) is 0.684. The number of carbonyl (C=O) groups is 6. The van der Waals surface area contributed by atoms with E-state index in [0.29, 0.717) is 6.42 Å². The molecule has 0 fully saturated rings. The van der Waals surface area contributed by atoms with Crippen LogP contribution in [0.5, 0.6) is 0 Å². The summed E-state index contributed by atoms with van der Waals surface area (Å²) in [6.07, 6.45) is 0.595. The maximum absolute atomic E-state index is 11.9. The summed E-state index contributed by atoms with van der Waals surface area (Å²) < 4.78 is 9.42. The summed E-state index contributed by atoms with van der Waals surface area (Å²) in [5, 5.41) is 9.12. The Morgan fingerprint density at radius 3 is 1.55 bits per heavy atom. The molecule has 0 bridgehead atoms. The highest BCUT2D eigenvalue weighted by atomic mass is 16.6. The van der Waals surface area contributed by atoms with Gasteiger partial charge in [0.25, 0.3) is 0 Å². The average Bonchev–Trinajstić information content (AvgIpc) is 2.72. The van der Waals surface area contributed by atoms with E-state index in [1.807, 2.05) is 6.92 Å². The van der Waals surface area contributed by atoms with Crippen LogP contribution in [-0.4, -0.2) is 74.5 Å². The lowest BCUT2D eigenvalue weighted by Crippen LogP contribution is -2.51. The Labute approximate surface area is 181 Å². The normalized spacial score (nSPS) is 10.6. The van der Waals surface area contributed by atoms with Crippen LogP contribution in [0.2, 0.25) is 0 Å². The molecule has 4 amide bonds. The molecular formula is C19H32N4O8. The Kier molecular flexibility index (Phi) is 12.5. The second kappa shape index (κ2) is 13.9. The summed E-state index contributed by atoms with van der Waals surface area (Å²) in [7, 11) is 0. The van der Waals surface area contributed by atoms with E-state index >= 15 is 0 Å². The first-order chi connectivity index (χ1) is 14.5. The van der Waals surface area contributed by atoms with E-state index in [1.54, 1.807) is 13.8 Å². The van der Waals surface area contributed by atoms with Crippen LogP contribution in [0.4, 0.5) is 0 Å². The summed E-state index contributed by atoms with van der Waals surface area (Å²) in [6.45, 7) is 7.12. The van der Waals surface area contributed by atoms with Crippen molar-refractivity contribution < 1.29 is 38.2 Å². The lowest BCUT2D eigenvalue weighted by Gasteiger charge is -2.21. The molecule has 0 radical (unpaired) electrons. The monoisotopic (exact) mass is 444 g/mol. The summed E-state index contributed by atoms with van der Waals surface area (Å²) in [4.78, 5) is 70.9. The van der Waals surface area contributed by atoms with Gasteiger partial charge in [-0.05, 0) is 20.3 Å². The third kappa shape index (κ3) is 11.0. The van der Waals surface area contributed by atoms with Crippen LogP contribution >= 0.6 is 0 Å². The van der Waals surface area contributed by atoms with Gasteiger partial charge in [0.2, 0.25) is 29.7 Å². The van der Waals surface area contributed by atoms with E-state index in [0.717, 1.165) is 0 Å². The molecule has 0 rings (SSSR count). The number of hydrogen-bond donors (Lipinski definition) is 4. The number of hydrogen-bond acceptors (Lipinski definition) is 8. The van der Waals surface area contributed by atoms with E-state index in [1.165, 1.54) is 13.8 Å². The fourth-order valence-corrected chi connectivity index (χ4v) is 1.92. The van der Waals surface area contributed by atoms with Gasteiger partial charge >= 0.3 is 11.9 Å². The van der Waals surface area contributed by atoms with Gasteiger partial charge in [-0.3, -0.25) is 19.2 Å². The zero-order chi connectivity index (χ0) is 24.0. The van der Waals surface area contributed by atoms with Crippen molar-refractivity contribution in [2.75, 3.05) is 32.8 Å². The van der Waals surface area contributed by atoms with Gasteiger partial charge in [-0.25, -0.2) is 9.59 Å². The first kappa shape index (κ1) is 27.8. The minimum absolute atomic E-state index is 0.00254. The van der Waals surface area contributed by atoms with Crippen molar-refractivity contribution in [3.8, 4) is 0 Å². The van der Waals surface area contributed by atoms with Crippen LogP contribution in [0.15, 0.2) is 0 Å².